The highest BCUT2D eigenvalue weighted by Crippen LogP contribution is 2.15. The van der Waals surface area contributed by atoms with Gasteiger partial charge in [-0.05, 0) is 12.8 Å². The third-order valence-corrected chi connectivity index (χ3v) is 2.16. The molecule has 1 heterocycles. The van der Waals surface area contributed by atoms with Crippen LogP contribution in [-0.4, -0.2) is 35.1 Å². The van der Waals surface area contributed by atoms with Crippen LogP contribution < -0.4 is 5.43 Å². The molecule has 0 atom stereocenters. The van der Waals surface area contributed by atoms with E-state index in [1.807, 2.05) is 0 Å². The Bertz CT molecular complexity index is 209. The van der Waals surface area contributed by atoms with Crippen LogP contribution in [0.1, 0.15) is 19.8 Å². The van der Waals surface area contributed by atoms with Crippen LogP contribution in [0.5, 0.6) is 0 Å². The zero-order valence-corrected chi connectivity index (χ0v) is 7.62. The monoisotopic (exact) mass is 186 g/mol. The van der Waals surface area contributed by atoms with Gasteiger partial charge in [-0.3, -0.25) is 15.0 Å². The maximum atomic E-state index is 10.7. The minimum Gasteiger partial charge on any atom is -0.481 e. The van der Waals surface area contributed by atoms with Crippen LogP contribution >= 0.6 is 0 Å². The summed E-state index contributed by atoms with van der Waals surface area (Å²) >= 11 is 0. The Morgan fingerprint density at radius 2 is 1.92 bits per heavy atom. The number of piperidine rings is 1. The van der Waals surface area contributed by atoms with E-state index in [1.165, 1.54) is 6.92 Å². The Morgan fingerprint density at radius 1 is 1.38 bits per heavy atom. The molecule has 0 aliphatic carbocycles. The van der Waals surface area contributed by atoms with Gasteiger partial charge in [0.1, 0.15) is 0 Å². The van der Waals surface area contributed by atoms with Crippen molar-refractivity contribution in [2.45, 2.75) is 19.8 Å². The number of aliphatic carboxylic acids is 1. The van der Waals surface area contributed by atoms with E-state index in [2.05, 4.69) is 5.43 Å². The topological polar surface area (TPSA) is 69.6 Å². The van der Waals surface area contributed by atoms with E-state index in [4.69, 9.17) is 5.11 Å². The number of nitrogens with one attached hydrogen (secondary N) is 1. The van der Waals surface area contributed by atoms with Crippen molar-refractivity contribution in [1.29, 1.82) is 0 Å². The SMILES string of the molecule is CC(=O)NN1CCC(C(=O)O)CC1. The van der Waals surface area contributed by atoms with E-state index < -0.39 is 5.97 Å². The summed E-state index contributed by atoms with van der Waals surface area (Å²) in [6.07, 6.45) is 1.21. The highest BCUT2D eigenvalue weighted by atomic mass is 16.4. The molecule has 0 aromatic heterocycles. The van der Waals surface area contributed by atoms with Crippen molar-refractivity contribution >= 4 is 11.9 Å². The number of nitrogens with zero attached hydrogens (tertiary/aromatic N) is 1. The number of carbonyl (C=O) groups is 2. The molecule has 0 radical (unpaired) electrons. The molecule has 1 amide bonds. The Kier molecular flexibility index (Phi) is 3.25. The lowest BCUT2D eigenvalue weighted by Gasteiger charge is -2.29. The quantitative estimate of drug-likeness (QED) is 0.628. The van der Waals surface area contributed by atoms with Crippen molar-refractivity contribution in [1.82, 2.24) is 10.4 Å². The van der Waals surface area contributed by atoms with Gasteiger partial charge in [-0.2, -0.15) is 0 Å². The lowest BCUT2D eigenvalue weighted by molar-refractivity contribution is -0.143. The Morgan fingerprint density at radius 3 is 2.31 bits per heavy atom. The highest BCUT2D eigenvalue weighted by molar-refractivity contribution is 5.72. The molecule has 5 nitrogen and oxygen atoms in total. The fraction of sp³-hybridized carbons (Fsp3) is 0.750. The maximum Gasteiger partial charge on any atom is 0.306 e. The summed E-state index contributed by atoms with van der Waals surface area (Å²) in [5, 5.41) is 10.5. The first kappa shape index (κ1) is 9.98. The molecule has 2 N–H and O–H groups in total. The number of rotatable bonds is 2. The van der Waals surface area contributed by atoms with Crippen molar-refractivity contribution in [2.75, 3.05) is 13.1 Å². The fourth-order valence-corrected chi connectivity index (χ4v) is 1.46. The molecule has 74 valence electrons. The van der Waals surface area contributed by atoms with E-state index in [-0.39, 0.29) is 11.8 Å². The number of carboxylic acid groups (broad SMARTS) is 1. The standard InChI is InChI=1S/C8H14N2O3/c1-6(11)9-10-4-2-7(3-5-10)8(12)13/h7H,2-5H2,1H3,(H,9,11)(H,12,13). The Hall–Kier alpha value is -1.10. The van der Waals surface area contributed by atoms with Crippen LogP contribution in [0.4, 0.5) is 0 Å². The van der Waals surface area contributed by atoms with Gasteiger partial charge in [0.25, 0.3) is 0 Å². The van der Waals surface area contributed by atoms with Crippen molar-refractivity contribution in [3.8, 4) is 0 Å². The summed E-state index contributed by atoms with van der Waals surface area (Å²) < 4.78 is 0. The van der Waals surface area contributed by atoms with Crippen molar-refractivity contribution < 1.29 is 14.7 Å². The van der Waals surface area contributed by atoms with E-state index >= 15 is 0 Å². The molecular formula is C8H14N2O3. The molecule has 0 aromatic rings. The van der Waals surface area contributed by atoms with Crippen LogP contribution in [0, 0.1) is 5.92 Å². The first-order valence-electron chi connectivity index (χ1n) is 4.34. The zero-order chi connectivity index (χ0) is 9.84. The van der Waals surface area contributed by atoms with Gasteiger partial charge in [-0.25, -0.2) is 5.01 Å². The molecule has 0 spiro atoms. The minimum absolute atomic E-state index is 0.103. The number of carboxylic acids is 1. The van der Waals surface area contributed by atoms with Gasteiger partial charge in [0, 0.05) is 20.0 Å². The molecule has 1 aliphatic heterocycles. The third-order valence-electron chi connectivity index (χ3n) is 2.16. The Balaban J connectivity index is 2.30. The number of hydrogen-bond donors (Lipinski definition) is 2. The molecule has 0 bridgehead atoms. The highest BCUT2D eigenvalue weighted by Gasteiger charge is 2.24. The normalized spacial score (nSPS) is 19.8. The van der Waals surface area contributed by atoms with E-state index in [1.54, 1.807) is 5.01 Å². The molecule has 5 heteroatoms. The van der Waals surface area contributed by atoms with Crippen molar-refractivity contribution in [3.05, 3.63) is 0 Å². The van der Waals surface area contributed by atoms with Crippen molar-refractivity contribution in [3.63, 3.8) is 0 Å². The van der Waals surface area contributed by atoms with Crippen LogP contribution in [0.3, 0.4) is 0 Å². The predicted octanol–water partition coefficient (Wildman–Crippen LogP) is -0.166. The largest absolute Gasteiger partial charge is 0.481 e. The number of hydrazine groups is 1. The molecule has 0 saturated carbocycles. The summed E-state index contributed by atoms with van der Waals surface area (Å²) in [7, 11) is 0. The average Bonchev–Trinajstić information content (AvgIpc) is 2.04. The van der Waals surface area contributed by atoms with Gasteiger partial charge in [-0.1, -0.05) is 0 Å². The van der Waals surface area contributed by atoms with E-state index in [0.29, 0.717) is 25.9 Å². The van der Waals surface area contributed by atoms with Gasteiger partial charge in [0.2, 0.25) is 5.91 Å². The summed E-state index contributed by atoms with van der Waals surface area (Å²) in [5.41, 5.74) is 2.64. The second-order valence-corrected chi connectivity index (χ2v) is 3.27. The summed E-state index contributed by atoms with van der Waals surface area (Å²) in [6.45, 7) is 2.69. The maximum absolute atomic E-state index is 10.7. The van der Waals surface area contributed by atoms with Gasteiger partial charge < -0.3 is 5.11 Å². The second kappa shape index (κ2) is 4.23. The molecule has 0 unspecified atom stereocenters. The van der Waals surface area contributed by atoms with Crippen LogP contribution in [0.2, 0.25) is 0 Å². The molecule has 13 heavy (non-hydrogen) atoms. The summed E-state index contributed by atoms with van der Waals surface area (Å²) in [5.74, 6) is -1.08. The molecule has 0 aromatic carbocycles. The molecule has 1 fully saturated rings. The molecular weight excluding hydrogens is 172 g/mol. The van der Waals surface area contributed by atoms with Gasteiger partial charge in [-0.15, -0.1) is 0 Å². The first-order valence-corrected chi connectivity index (χ1v) is 4.34. The second-order valence-electron chi connectivity index (χ2n) is 3.27. The Labute approximate surface area is 76.7 Å². The fourth-order valence-electron chi connectivity index (χ4n) is 1.46. The first-order chi connectivity index (χ1) is 6.09. The van der Waals surface area contributed by atoms with E-state index in [9.17, 15) is 9.59 Å². The smallest absolute Gasteiger partial charge is 0.306 e. The van der Waals surface area contributed by atoms with Gasteiger partial charge >= 0.3 is 5.97 Å². The van der Waals surface area contributed by atoms with Crippen molar-refractivity contribution in [2.24, 2.45) is 5.92 Å². The molecule has 1 saturated heterocycles. The van der Waals surface area contributed by atoms with Crippen LogP contribution in [0.25, 0.3) is 0 Å². The number of carbonyl (C=O) groups excluding carboxylic acids is 1. The molecule has 1 rings (SSSR count). The predicted molar refractivity (Wildman–Crippen MR) is 45.7 cm³/mol. The molecule has 1 aliphatic rings. The summed E-state index contributed by atoms with van der Waals surface area (Å²) in [6, 6.07) is 0. The summed E-state index contributed by atoms with van der Waals surface area (Å²) in [4.78, 5) is 21.2. The van der Waals surface area contributed by atoms with Gasteiger partial charge in [0.15, 0.2) is 0 Å². The minimum atomic E-state index is -0.734. The lowest BCUT2D eigenvalue weighted by atomic mass is 9.98. The number of hydrogen-bond acceptors (Lipinski definition) is 3. The van der Waals surface area contributed by atoms with Crippen LogP contribution in [0.15, 0.2) is 0 Å². The van der Waals surface area contributed by atoms with Crippen LogP contribution in [-0.2, 0) is 9.59 Å². The van der Waals surface area contributed by atoms with Gasteiger partial charge in [0.05, 0.1) is 5.92 Å². The number of amides is 1. The average molecular weight is 186 g/mol. The van der Waals surface area contributed by atoms with E-state index in [0.717, 1.165) is 0 Å². The third kappa shape index (κ3) is 3.02. The lowest BCUT2D eigenvalue weighted by Crippen LogP contribution is -2.46. The zero-order valence-electron chi connectivity index (χ0n) is 7.62.